The lowest BCUT2D eigenvalue weighted by Crippen LogP contribution is -2.39. The predicted octanol–water partition coefficient (Wildman–Crippen LogP) is 3.10. The third-order valence-electron chi connectivity index (χ3n) is 3.16. The van der Waals surface area contributed by atoms with Crippen molar-refractivity contribution in [1.82, 2.24) is 0 Å². The second-order valence-corrected chi connectivity index (χ2v) is 10.5. The van der Waals surface area contributed by atoms with Crippen molar-refractivity contribution in [3.8, 4) is 0 Å². The molecule has 1 unspecified atom stereocenters. The Labute approximate surface area is 87.1 Å². The van der Waals surface area contributed by atoms with E-state index in [1.54, 1.807) is 0 Å². The molecule has 2 rings (SSSR count). The summed E-state index contributed by atoms with van der Waals surface area (Å²) in [6.45, 7) is 10.2. The maximum Gasteiger partial charge on any atom is 0.105 e. The van der Waals surface area contributed by atoms with Gasteiger partial charge < -0.3 is 4.74 Å². The second-order valence-electron chi connectivity index (χ2n) is 5.23. The zero-order valence-electron chi connectivity index (χ0n) is 9.42. The minimum Gasteiger partial charge on any atom is -0.369 e. The van der Waals surface area contributed by atoms with Crippen LogP contribution < -0.4 is 0 Å². The van der Waals surface area contributed by atoms with E-state index in [4.69, 9.17) is 4.74 Å². The number of hydrogen-bond donors (Lipinski definition) is 0. The van der Waals surface area contributed by atoms with Crippen molar-refractivity contribution < 1.29 is 4.74 Å². The molecule has 76 valence electrons. The molecule has 1 aliphatic rings. The van der Waals surface area contributed by atoms with Gasteiger partial charge in [0.15, 0.2) is 0 Å². The summed E-state index contributed by atoms with van der Waals surface area (Å²) in [5, 5.41) is 0.112. The van der Waals surface area contributed by atoms with Crippen molar-refractivity contribution in [3.05, 3.63) is 35.4 Å². The van der Waals surface area contributed by atoms with Gasteiger partial charge in [-0.2, -0.15) is 0 Å². The van der Waals surface area contributed by atoms with E-state index in [1.165, 1.54) is 11.1 Å². The fourth-order valence-corrected chi connectivity index (χ4v) is 3.90. The van der Waals surface area contributed by atoms with Gasteiger partial charge in [0, 0.05) is 0 Å². The molecule has 1 fully saturated rings. The lowest BCUT2D eigenvalue weighted by atomic mass is 10.1. The van der Waals surface area contributed by atoms with Gasteiger partial charge in [-0.25, -0.2) is 0 Å². The summed E-state index contributed by atoms with van der Waals surface area (Å²) in [6.07, 6.45) is 0. The topological polar surface area (TPSA) is 12.5 Å². The molecule has 0 aliphatic carbocycles. The van der Waals surface area contributed by atoms with Crippen LogP contribution in [0.4, 0.5) is 0 Å². The Hall–Kier alpha value is -0.603. The first-order chi connectivity index (χ1) is 6.46. The summed E-state index contributed by atoms with van der Waals surface area (Å²) in [5.41, 5.74) is 2.70. The molecular formula is C12H18OSi. The first-order valence-corrected chi connectivity index (χ1v) is 8.67. The van der Waals surface area contributed by atoms with Crippen LogP contribution in [0.1, 0.15) is 11.1 Å². The molecule has 0 aromatic heterocycles. The lowest BCUT2D eigenvalue weighted by Gasteiger charge is -2.25. The Morgan fingerprint density at radius 3 is 2.00 bits per heavy atom. The third-order valence-corrected chi connectivity index (χ3v) is 6.16. The van der Waals surface area contributed by atoms with Gasteiger partial charge in [-0.1, -0.05) is 49.5 Å². The van der Waals surface area contributed by atoms with E-state index in [-0.39, 0.29) is 5.22 Å². The van der Waals surface area contributed by atoms with E-state index >= 15 is 0 Å². The maximum absolute atomic E-state index is 5.75. The summed E-state index contributed by atoms with van der Waals surface area (Å²) < 4.78 is 5.75. The van der Waals surface area contributed by atoms with Gasteiger partial charge in [0.2, 0.25) is 0 Å². The highest BCUT2D eigenvalue weighted by Crippen LogP contribution is 2.46. The van der Waals surface area contributed by atoms with Crippen LogP contribution in [0.5, 0.6) is 0 Å². The average molecular weight is 206 g/mol. The molecule has 1 nitrogen and oxygen atoms in total. The van der Waals surface area contributed by atoms with E-state index in [0.29, 0.717) is 0 Å². The molecule has 0 N–H and O–H groups in total. The molecular weight excluding hydrogens is 188 g/mol. The van der Waals surface area contributed by atoms with Crippen LogP contribution in [-0.4, -0.2) is 14.7 Å². The van der Waals surface area contributed by atoms with Gasteiger partial charge in [0.25, 0.3) is 0 Å². The van der Waals surface area contributed by atoms with Crippen molar-refractivity contribution in [2.45, 2.75) is 31.8 Å². The Kier molecular flexibility index (Phi) is 2.09. The van der Waals surface area contributed by atoms with Crippen LogP contribution in [0.15, 0.2) is 24.3 Å². The minimum atomic E-state index is -1.25. The lowest BCUT2D eigenvalue weighted by molar-refractivity contribution is 0.375. The molecule has 1 aromatic carbocycles. The molecule has 1 aromatic rings. The zero-order chi connectivity index (χ0) is 10.4. The standard InChI is InChI=1S/C12H18OSi/c1-10-5-7-11(8-6-10)12(9-13-12)14(2,3)4/h5-8H,9H2,1-4H3. The van der Waals surface area contributed by atoms with Crippen LogP contribution >= 0.6 is 0 Å². The van der Waals surface area contributed by atoms with Crippen molar-refractivity contribution in [1.29, 1.82) is 0 Å². The zero-order valence-corrected chi connectivity index (χ0v) is 10.4. The van der Waals surface area contributed by atoms with Gasteiger partial charge in [0.1, 0.15) is 5.22 Å². The molecule has 0 amide bonds. The molecule has 0 spiro atoms. The van der Waals surface area contributed by atoms with Crippen LogP contribution in [-0.2, 0) is 9.96 Å². The second kappa shape index (κ2) is 2.94. The summed E-state index contributed by atoms with van der Waals surface area (Å²) in [6, 6.07) is 8.80. The van der Waals surface area contributed by atoms with Crippen molar-refractivity contribution in [3.63, 3.8) is 0 Å². The molecule has 0 saturated carbocycles. The van der Waals surface area contributed by atoms with Gasteiger partial charge in [-0.3, -0.25) is 0 Å². The van der Waals surface area contributed by atoms with E-state index in [9.17, 15) is 0 Å². The number of rotatable bonds is 2. The first-order valence-electron chi connectivity index (χ1n) is 5.17. The van der Waals surface area contributed by atoms with Crippen LogP contribution in [0.25, 0.3) is 0 Å². The highest BCUT2D eigenvalue weighted by Gasteiger charge is 2.56. The van der Waals surface area contributed by atoms with E-state index in [1.807, 2.05) is 0 Å². The summed E-state index contributed by atoms with van der Waals surface area (Å²) in [7, 11) is -1.25. The van der Waals surface area contributed by atoms with E-state index in [0.717, 1.165) is 6.61 Å². The molecule has 14 heavy (non-hydrogen) atoms. The van der Waals surface area contributed by atoms with E-state index in [2.05, 4.69) is 50.8 Å². The molecule has 1 saturated heterocycles. The van der Waals surface area contributed by atoms with Gasteiger partial charge in [0.05, 0.1) is 14.7 Å². The molecule has 1 atom stereocenters. The van der Waals surface area contributed by atoms with Crippen LogP contribution in [0.2, 0.25) is 19.6 Å². The number of aryl methyl sites for hydroxylation is 1. The monoisotopic (exact) mass is 206 g/mol. The summed E-state index contributed by atoms with van der Waals surface area (Å²) in [5.74, 6) is 0. The fraction of sp³-hybridized carbons (Fsp3) is 0.500. The number of epoxide rings is 1. The van der Waals surface area contributed by atoms with Crippen LogP contribution in [0.3, 0.4) is 0 Å². The summed E-state index contributed by atoms with van der Waals surface area (Å²) in [4.78, 5) is 0. The Bertz CT molecular complexity index is 330. The fourth-order valence-electron chi connectivity index (χ4n) is 1.93. The van der Waals surface area contributed by atoms with Gasteiger partial charge >= 0.3 is 0 Å². The maximum atomic E-state index is 5.75. The first kappa shape index (κ1) is 9.93. The SMILES string of the molecule is Cc1ccc(C2([Si](C)(C)C)CO2)cc1. The smallest absolute Gasteiger partial charge is 0.105 e. The average Bonchev–Trinajstić information content (AvgIpc) is 2.84. The van der Waals surface area contributed by atoms with Gasteiger partial charge in [-0.05, 0) is 12.5 Å². The molecule has 2 heteroatoms. The number of ether oxygens (including phenoxy) is 1. The molecule has 0 bridgehead atoms. The molecule has 1 aliphatic heterocycles. The Balaban J connectivity index is 2.36. The van der Waals surface area contributed by atoms with Gasteiger partial charge in [-0.15, -0.1) is 0 Å². The Morgan fingerprint density at radius 2 is 1.64 bits per heavy atom. The minimum absolute atomic E-state index is 0.112. The highest BCUT2D eigenvalue weighted by molar-refractivity contribution is 6.79. The van der Waals surface area contributed by atoms with E-state index < -0.39 is 8.07 Å². The molecule has 1 heterocycles. The number of hydrogen-bond acceptors (Lipinski definition) is 1. The largest absolute Gasteiger partial charge is 0.369 e. The van der Waals surface area contributed by atoms with Crippen molar-refractivity contribution in [2.24, 2.45) is 0 Å². The normalized spacial score (nSPS) is 26.3. The quantitative estimate of drug-likeness (QED) is 0.535. The number of benzene rings is 1. The summed E-state index contributed by atoms with van der Waals surface area (Å²) >= 11 is 0. The van der Waals surface area contributed by atoms with Crippen molar-refractivity contribution >= 4 is 8.07 Å². The van der Waals surface area contributed by atoms with Crippen LogP contribution in [0, 0.1) is 6.92 Å². The predicted molar refractivity (Wildman–Crippen MR) is 62.2 cm³/mol. The third kappa shape index (κ3) is 1.43. The Morgan fingerprint density at radius 1 is 1.14 bits per heavy atom. The highest BCUT2D eigenvalue weighted by atomic mass is 28.3. The molecule has 0 radical (unpaired) electrons. The van der Waals surface area contributed by atoms with Crippen molar-refractivity contribution in [2.75, 3.05) is 6.61 Å².